The molecule has 0 aromatic heterocycles. The second-order valence-corrected chi connectivity index (χ2v) is 6.75. The highest BCUT2D eigenvalue weighted by Crippen LogP contribution is 2.35. The van der Waals surface area contributed by atoms with Crippen LogP contribution in [-0.4, -0.2) is 83.7 Å². The first-order valence-electron chi connectivity index (χ1n) is 9.16. The first-order valence-corrected chi connectivity index (χ1v) is 9.16. The van der Waals surface area contributed by atoms with Crippen LogP contribution in [0.5, 0.6) is 0 Å². The lowest BCUT2D eigenvalue weighted by atomic mass is 9.91. The Labute approximate surface area is 176 Å². The lowest BCUT2D eigenvalue weighted by Crippen LogP contribution is -2.69. The van der Waals surface area contributed by atoms with Gasteiger partial charge in [0.05, 0.1) is 0 Å². The Morgan fingerprint density at radius 2 is 1.29 bits per heavy atom. The summed E-state index contributed by atoms with van der Waals surface area (Å²) in [7, 11) is 0. The first kappa shape index (κ1) is 23.8. The largest absolute Gasteiger partial charge is 0.464 e. The van der Waals surface area contributed by atoms with Gasteiger partial charge in [0.15, 0.2) is 24.5 Å². The zero-order valence-corrected chi connectivity index (χ0v) is 17.5. The second-order valence-electron chi connectivity index (χ2n) is 6.75. The molecule has 0 saturated carbocycles. The number of hydrogen-bond donors (Lipinski definition) is 0. The molecule has 0 aromatic rings. The second kappa shape index (κ2) is 9.53. The van der Waals surface area contributed by atoms with Crippen LogP contribution in [0, 0.1) is 0 Å². The van der Waals surface area contributed by atoms with E-state index in [1.54, 1.807) is 0 Å². The molecule has 0 radical (unpaired) electrons. The lowest BCUT2D eigenvalue weighted by molar-refractivity contribution is -0.215. The van der Waals surface area contributed by atoms with Gasteiger partial charge in [-0.2, -0.15) is 0 Å². The predicted molar refractivity (Wildman–Crippen MR) is 96.9 cm³/mol. The highest BCUT2D eigenvalue weighted by Gasteiger charge is 2.60. The number of ether oxygens (including phenoxy) is 5. The van der Waals surface area contributed by atoms with Gasteiger partial charge < -0.3 is 23.7 Å². The monoisotopic (exact) mass is 442 g/mol. The average molecular weight is 442 g/mol. The standard InChI is InChI=1S/C18H22N2O11/c1-7(21)27-6-12-13(28-8(2)22)14(29-9(3)23)15(30-10(4)24)16-19-17(31-11(5)25)18(26)20(12)16/h12-16H,6H2,1-5H3/t12-,13-,14+,15+,16+/m1/s1. The molecule has 13 nitrogen and oxygen atoms in total. The highest BCUT2D eigenvalue weighted by atomic mass is 16.6. The third kappa shape index (κ3) is 5.55. The van der Waals surface area contributed by atoms with Crippen molar-refractivity contribution in [3.05, 3.63) is 0 Å². The Kier molecular flexibility index (Phi) is 7.31. The summed E-state index contributed by atoms with van der Waals surface area (Å²) in [6.07, 6.45) is -5.50. The molecule has 2 heterocycles. The van der Waals surface area contributed by atoms with Gasteiger partial charge in [-0.3, -0.25) is 33.7 Å². The van der Waals surface area contributed by atoms with E-state index in [4.69, 9.17) is 23.7 Å². The van der Waals surface area contributed by atoms with Crippen molar-refractivity contribution in [2.45, 2.75) is 65.1 Å². The number of piperidine rings is 1. The van der Waals surface area contributed by atoms with Crippen LogP contribution in [-0.2, 0) is 52.5 Å². The van der Waals surface area contributed by atoms with Gasteiger partial charge in [-0.1, -0.05) is 0 Å². The minimum atomic E-state index is -1.41. The minimum absolute atomic E-state index is 0.469. The molecule has 13 heteroatoms. The number of carbonyl (C=O) groups excluding carboxylic acids is 6. The summed E-state index contributed by atoms with van der Waals surface area (Å²) in [5.74, 6) is -5.43. The molecule has 0 bridgehead atoms. The maximum Gasteiger partial charge on any atom is 0.311 e. The summed E-state index contributed by atoms with van der Waals surface area (Å²) in [6, 6.07) is -1.20. The van der Waals surface area contributed by atoms with Crippen LogP contribution < -0.4 is 0 Å². The Hall–Kier alpha value is -3.51. The van der Waals surface area contributed by atoms with Crippen molar-refractivity contribution < 1.29 is 52.5 Å². The number of carbonyl (C=O) groups is 6. The van der Waals surface area contributed by atoms with Crippen molar-refractivity contribution in [1.29, 1.82) is 0 Å². The highest BCUT2D eigenvalue weighted by molar-refractivity contribution is 6.38. The van der Waals surface area contributed by atoms with Gasteiger partial charge in [0.2, 0.25) is 0 Å². The molecule has 2 aliphatic rings. The van der Waals surface area contributed by atoms with Gasteiger partial charge in [-0.05, 0) is 0 Å². The summed E-state index contributed by atoms with van der Waals surface area (Å²) >= 11 is 0. The smallest absolute Gasteiger partial charge is 0.311 e. The molecule has 2 aliphatic heterocycles. The van der Waals surface area contributed by atoms with Crippen LogP contribution >= 0.6 is 0 Å². The molecule has 2 rings (SSSR count). The van der Waals surface area contributed by atoms with Gasteiger partial charge in [-0.25, -0.2) is 4.99 Å². The number of hydrogen-bond acceptors (Lipinski definition) is 12. The van der Waals surface area contributed by atoms with Crippen LogP contribution in [0.4, 0.5) is 0 Å². The Morgan fingerprint density at radius 1 is 0.774 bits per heavy atom. The van der Waals surface area contributed by atoms with Crippen molar-refractivity contribution in [1.82, 2.24) is 4.90 Å². The molecule has 5 atom stereocenters. The fourth-order valence-corrected chi connectivity index (χ4v) is 3.35. The third-order valence-corrected chi connectivity index (χ3v) is 4.23. The number of aliphatic imine (C=N–C) groups is 1. The topological polar surface area (TPSA) is 164 Å². The molecule has 0 aromatic carbocycles. The predicted octanol–water partition coefficient (Wildman–Crippen LogP) is -1.14. The molecule has 1 saturated heterocycles. The molecule has 0 unspecified atom stereocenters. The van der Waals surface area contributed by atoms with Gasteiger partial charge in [0.25, 0.3) is 5.90 Å². The molecule has 0 aliphatic carbocycles. The molecular formula is C18H22N2O11. The summed E-state index contributed by atoms with van der Waals surface area (Å²) in [6.45, 7) is 4.94. The number of nitrogens with zero attached hydrogens (tertiary/aromatic N) is 2. The fraction of sp³-hybridized carbons (Fsp3) is 0.611. The Morgan fingerprint density at radius 3 is 1.77 bits per heavy atom. The van der Waals surface area contributed by atoms with Crippen LogP contribution in [0.2, 0.25) is 0 Å². The van der Waals surface area contributed by atoms with Gasteiger partial charge in [-0.15, -0.1) is 0 Å². The Bertz CT molecular complexity index is 836. The molecule has 1 fully saturated rings. The van der Waals surface area contributed by atoms with Gasteiger partial charge >= 0.3 is 35.8 Å². The lowest BCUT2D eigenvalue weighted by Gasteiger charge is -2.47. The van der Waals surface area contributed by atoms with E-state index in [1.807, 2.05) is 0 Å². The van der Waals surface area contributed by atoms with Crippen molar-refractivity contribution in [2.75, 3.05) is 6.61 Å². The van der Waals surface area contributed by atoms with Gasteiger partial charge in [0.1, 0.15) is 12.6 Å². The van der Waals surface area contributed by atoms with Crippen molar-refractivity contribution >= 4 is 41.7 Å². The van der Waals surface area contributed by atoms with E-state index >= 15 is 0 Å². The fourth-order valence-electron chi connectivity index (χ4n) is 3.35. The summed E-state index contributed by atoms with van der Waals surface area (Å²) in [5.41, 5.74) is 0. The van der Waals surface area contributed by atoms with Crippen molar-refractivity contribution in [2.24, 2.45) is 4.99 Å². The number of rotatable bonds is 5. The maximum absolute atomic E-state index is 12.9. The molecular weight excluding hydrogens is 420 g/mol. The molecule has 170 valence electrons. The summed E-state index contributed by atoms with van der Waals surface area (Å²) in [5, 5.41) is 0. The van der Waals surface area contributed by atoms with E-state index in [-0.39, 0.29) is 0 Å². The quantitative estimate of drug-likeness (QED) is 0.373. The SMILES string of the molecule is CC(=O)OC[C@@H]1[C@@H](OC(C)=O)[C@H](OC(C)=O)[C@H](OC(C)=O)[C@H]2N=C(OC(C)=O)C(=O)N12. The normalized spacial score (nSPS) is 26.9. The molecule has 0 spiro atoms. The Balaban J connectivity index is 2.60. The van der Waals surface area contributed by atoms with Crippen molar-refractivity contribution in [3.63, 3.8) is 0 Å². The van der Waals surface area contributed by atoms with Crippen LogP contribution in [0.3, 0.4) is 0 Å². The van der Waals surface area contributed by atoms with Crippen LogP contribution in [0.25, 0.3) is 0 Å². The molecule has 0 N–H and O–H groups in total. The molecule has 1 amide bonds. The van der Waals surface area contributed by atoms with Crippen LogP contribution in [0.1, 0.15) is 34.6 Å². The number of fused-ring (bicyclic) bond motifs is 1. The first-order chi connectivity index (χ1) is 14.4. The third-order valence-electron chi connectivity index (χ3n) is 4.23. The van der Waals surface area contributed by atoms with Crippen molar-refractivity contribution in [3.8, 4) is 0 Å². The van der Waals surface area contributed by atoms with Crippen LogP contribution in [0.15, 0.2) is 4.99 Å². The van der Waals surface area contributed by atoms with Gasteiger partial charge in [0, 0.05) is 34.6 Å². The summed E-state index contributed by atoms with van der Waals surface area (Å²) in [4.78, 5) is 75.9. The average Bonchev–Trinajstić information content (AvgIpc) is 2.92. The minimum Gasteiger partial charge on any atom is -0.464 e. The zero-order chi connectivity index (χ0) is 23.5. The van der Waals surface area contributed by atoms with E-state index in [0.29, 0.717) is 0 Å². The zero-order valence-electron chi connectivity index (χ0n) is 17.5. The van der Waals surface area contributed by atoms with E-state index in [0.717, 1.165) is 39.5 Å². The number of esters is 5. The van der Waals surface area contributed by atoms with E-state index in [9.17, 15) is 28.8 Å². The van der Waals surface area contributed by atoms with E-state index < -0.39 is 78.8 Å². The van der Waals surface area contributed by atoms with E-state index in [2.05, 4.69) is 4.99 Å². The maximum atomic E-state index is 12.9. The van der Waals surface area contributed by atoms with E-state index in [1.165, 1.54) is 0 Å². The number of amides is 1. The summed E-state index contributed by atoms with van der Waals surface area (Å²) < 4.78 is 25.6. The molecule has 31 heavy (non-hydrogen) atoms.